The molecule has 1 saturated heterocycles. The van der Waals surface area contributed by atoms with Crippen LogP contribution in [-0.4, -0.2) is 254 Å². The predicted molar refractivity (Wildman–Crippen MR) is 346 cm³/mol. The molecule has 31 heteroatoms. The molecule has 0 saturated carbocycles. The van der Waals surface area contributed by atoms with E-state index in [4.69, 9.17) is 4.84 Å². The van der Waals surface area contributed by atoms with Crippen LogP contribution in [-0.2, 0) is 24.0 Å². The van der Waals surface area contributed by atoms with Crippen molar-refractivity contribution in [2.75, 3.05) is 132 Å². The number of hydrogen-bond acceptors (Lipinski definition) is 21. The van der Waals surface area contributed by atoms with E-state index in [0.29, 0.717) is 44.1 Å². The van der Waals surface area contributed by atoms with Crippen molar-refractivity contribution >= 4 is 70.9 Å². The number of aromatic hydroxyl groups is 4. The fourth-order valence-electron chi connectivity index (χ4n) is 10.7. The molecule has 0 radical (unpaired) electrons. The van der Waals surface area contributed by atoms with Crippen LogP contribution in [0.3, 0.4) is 0 Å². The van der Waals surface area contributed by atoms with E-state index in [1.54, 1.807) is 14.1 Å². The van der Waals surface area contributed by atoms with Crippen LogP contribution in [0.15, 0.2) is 72.8 Å². The maximum Gasteiger partial charge on any atom is 0.333 e. The van der Waals surface area contributed by atoms with Gasteiger partial charge in [-0.3, -0.25) is 62.5 Å². The highest BCUT2D eigenvalue weighted by molar-refractivity contribution is 6.07. The lowest BCUT2D eigenvalue weighted by atomic mass is 10.0. The number of para-hydroxylation sites is 4. The Morgan fingerprint density at radius 3 is 1.12 bits per heavy atom. The molecule has 13 N–H and O–H groups in total. The molecule has 96 heavy (non-hydrogen) atoms. The van der Waals surface area contributed by atoms with Gasteiger partial charge in [-0.2, -0.15) is 0 Å². The number of fused-ring (bicyclic) bond motifs is 8. The first-order valence-corrected chi connectivity index (χ1v) is 31.8. The van der Waals surface area contributed by atoms with Gasteiger partial charge in [0.2, 0.25) is 5.91 Å². The van der Waals surface area contributed by atoms with Crippen LogP contribution in [0.2, 0.25) is 0 Å². The third-order valence-corrected chi connectivity index (χ3v) is 16.2. The molecule has 0 aromatic heterocycles. The summed E-state index contributed by atoms with van der Waals surface area (Å²) in [7, 11) is 3.51. The number of hydrogen-bond donors (Lipinski definition) is 13. The van der Waals surface area contributed by atoms with Gasteiger partial charge in [-0.15, -0.1) is 5.06 Å². The van der Waals surface area contributed by atoms with Crippen molar-refractivity contribution in [3.63, 3.8) is 0 Å². The molecule has 11 amide bonds. The molecule has 8 bridgehead atoms. The van der Waals surface area contributed by atoms with E-state index in [1.807, 2.05) is 19.6 Å². The summed E-state index contributed by atoms with van der Waals surface area (Å²) < 4.78 is 0. The second kappa shape index (κ2) is 36.4. The normalized spacial score (nSPS) is 18.4. The van der Waals surface area contributed by atoms with Crippen molar-refractivity contribution in [3.05, 3.63) is 117 Å². The van der Waals surface area contributed by atoms with Crippen LogP contribution in [0.5, 0.6) is 23.0 Å². The Morgan fingerprint density at radius 2 is 0.760 bits per heavy atom. The first-order chi connectivity index (χ1) is 46.1. The molecule has 1 unspecified atom stereocenters. The zero-order valence-electron chi connectivity index (χ0n) is 53.7. The molecule has 0 aliphatic carbocycles. The number of nitrogens with zero attached hydrogens (tertiary/aromatic N) is 5. The van der Waals surface area contributed by atoms with Gasteiger partial charge < -0.3 is 82.9 Å². The van der Waals surface area contributed by atoms with E-state index < -0.39 is 100.0 Å². The highest BCUT2D eigenvalue weighted by Gasteiger charge is 2.33. The number of amides is 11. The highest BCUT2D eigenvalue weighted by Crippen LogP contribution is 2.27. The minimum Gasteiger partial charge on any atom is -0.506 e. The summed E-state index contributed by atoms with van der Waals surface area (Å²) in [6.45, 7) is 2.39. The predicted octanol–water partition coefficient (Wildman–Crippen LogP) is -0.625. The summed E-state index contributed by atoms with van der Waals surface area (Å²) >= 11 is 0. The highest BCUT2D eigenvalue weighted by atomic mass is 16.7. The molecule has 0 spiro atoms. The molecule has 516 valence electrons. The van der Waals surface area contributed by atoms with Gasteiger partial charge in [0.15, 0.2) is 0 Å². The van der Waals surface area contributed by atoms with Crippen molar-refractivity contribution in [2.45, 2.75) is 57.4 Å². The number of rotatable bonds is 13. The van der Waals surface area contributed by atoms with Crippen LogP contribution in [0.1, 0.15) is 134 Å². The summed E-state index contributed by atoms with van der Waals surface area (Å²) in [5.74, 6) is -10.2. The number of phenolic OH excluding ortho intramolecular Hbond substituents is 4. The van der Waals surface area contributed by atoms with Crippen LogP contribution >= 0.6 is 0 Å². The molecular formula is C65H84N14O17. The zero-order chi connectivity index (χ0) is 69.3. The molecule has 1 atom stereocenters. The van der Waals surface area contributed by atoms with E-state index in [0.717, 1.165) is 0 Å². The van der Waals surface area contributed by atoms with Gasteiger partial charge in [0.1, 0.15) is 23.0 Å². The van der Waals surface area contributed by atoms with Crippen LogP contribution in [0.4, 0.5) is 0 Å². The second-order valence-electron chi connectivity index (χ2n) is 23.3. The quantitative estimate of drug-likeness (QED) is 0.0586. The fourth-order valence-corrected chi connectivity index (χ4v) is 10.7. The van der Waals surface area contributed by atoms with Crippen molar-refractivity contribution < 1.29 is 82.8 Å². The summed E-state index contributed by atoms with van der Waals surface area (Å²) in [6, 6.07) is 15.9. The Kier molecular flexibility index (Phi) is 27.8. The van der Waals surface area contributed by atoms with Crippen molar-refractivity contribution in [3.8, 4) is 23.0 Å². The van der Waals surface area contributed by atoms with E-state index in [9.17, 15) is 78.0 Å². The number of phenols is 4. The van der Waals surface area contributed by atoms with Crippen LogP contribution < -0.4 is 47.9 Å². The second-order valence-corrected chi connectivity index (χ2v) is 23.3. The van der Waals surface area contributed by atoms with Crippen LogP contribution in [0, 0.1) is 0 Å². The average Bonchev–Trinajstić information content (AvgIpc) is 1.07. The monoisotopic (exact) mass is 1330 g/mol. The molecule has 31 nitrogen and oxygen atoms in total. The van der Waals surface area contributed by atoms with Gasteiger partial charge in [-0.25, -0.2) is 4.79 Å². The van der Waals surface area contributed by atoms with E-state index in [1.165, 1.54) is 72.8 Å². The molecule has 3 heterocycles. The third kappa shape index (κ3) is 21.4. The van der Waals surface area contributed by atoms with Crippen LogP contribution in [0.25, 0.3) is 0 Å². The van der Waals surface area contributed by atoms with E-state index in [2.05, 4.69) is 47.9 Å². The van der Waals surface area contributed by atoms with Crippen molar-refractivity contribution in [1.29, 1.82) is 0 Å². The molecule has 4 aromatic carbocycles. The molecule has 7 rings (SSSR count). The summed E-state index contributed by atoms with van der Waals surface area (Å²) in [4.78, 5) is 171. The van der Waals surface area contributed by atoms with Gasteiger partial charge in [0.05, 0.1) is 44.5 Å². The Labute approximate surface area is 553 Å². The number of imide groups is 1. The maximum atomic E-state index is 14.4. The average molecular weight is 1330 g/mol. The largest absolute Gasteiger partial charge is 0.506 e. The summed E-state index contributed by atoms with van der Waals surface area (Å²) in [5, 5.41) is 70.9. The number of hydroxylamine groups is 2. The summed E-state index contributed by atoms with van der Waals surface area (Å²) in [5.41, 5.74) is -1.40. The SMILES string of the molecule is CN1CCNC(=O)c2cccc(c2O)C(=O)NCCN(CCN2CCNC(=O)c3cccc(c3O)C(=O)NCCN(C)CCNC(=O)c3cccc(c3O)C(=O)NC(CCCCNC(=O)CCCC(=O)ON3C(=O)CCC3=O)C2)CCNC(=O)c2cccc(c2O)C(=O)NCC1. The molecule has 3 aliphatic heterocycles. The topological polar surface area (TPSA) is 419 Å². The molecular weight excluding hydrogens is 1250 g/mol. The molecule has 4 aromatic rings. The first-order valence-electron chi connectivity index (χ1n) is 31.8. The van der Waals surface area contributed by atoms with Crippen molar-refractivity contribution in [1.82, 2.24) is 72.5 Å². The lowest BCUT2D eigenvalue weighted by Gasteiger charge is -2.31. The standard InChI is InChI=1S/C65H84N14O17/c1-75-31-24-67-58(88)42-11-5-14-45(54(42)84)62(92)71-28-35-77(36-29-72-63(93)46-15-6-12-43(55(46)85)59(89)68-25-32-75)38-39-78-37-30-73-64(94)47-16-7-13-44(56(47)86)60(90)69-26-33-76(2)34-27-70-61(91)48-17-8-18-49(57(48)87)65(95)74-41(40-78)10-3-4-23-66-50(80)19-9-20-53(83)96-79-51(81)21-22-52(79)82/h5-8,11-18,41,84-87H,3-4,9-10,19-40H2,1-2H3,(H,66,80)(H,67,88)(H,68,89)(H,69,90)(H,70,91)(H,71,92)(H,72,93)(H,73,94)(H,74,95). The molecule has 3 aliphatic rings. The fraction of sp³-hybridized carbons (Fsp3) is 0.446. The Balaban J connectivity index is 1.14. The van der Waals surface area contributed by atoms with E-state index >= 15 is 0 Å². The number of carbonyl (C=O) groups excluding carboxylic acids is 12. The minimum absolute atomic E-state index is 0.0401. The Morgan fingerprint density at radius 1 is 0.438 bits per heavy atom. The number of carbonyl (C=O) groups is 12. The smallest absolute Gasteiger partial charge is 0.333 e. The summed E-state index contributed by atoms with van der Waals surface area (Å²) in [6.07, 6.45) is 0.591. The minimum atomic E-state index is -0.848. The number of unbranched alkanes of at least 4 members (excludes halogenated alkanes) is 1. The zero-order valence-corrected chi connectivity index (χ0v) is 53.7. The Hall–Kier alpha value is -10.2. The van der Waals surface area contributed by atoms with Gasteiger partial charge >= 0.3 is 5.97 Å². The Bertz CT molecular complexity index is 3410. The third-order valence-electron chi connectivity index (χ3n) is 16.2. The lowest BCUT2D eigenvalue weighted by molar-refractivity contribution is -0.197. The first kappa shape index (κ1) is 73.2. The van der Waals surface area contributed by atoms with Crippen molar-refractivity contribution in [2.24, 2.45) is 0 Å². The maximum absolute atomic E-state index is 14.4. The number of benzene rings is 4. The van der Waals surface area contributed by atoms with Gasteiger partial charge in [0.25, 0.3) is 59.1 Å². The lowest BCUT2D eigenvalue weighted by Crippen LogP contribution is -2.49. The van der Waals surface area contributed by atoms with Gasteiger partial charge in [-0.05, 0) is 88.3 Å². The van der Waals surface area contributed by atoms with E-state index in [-0.39, 0.29) is 175 Å². The van der Waals surface area contributed by atoms with Gasteiger partial charge in [0, 0.05) is 150 Å². The molecule has 1 fully saturated rings. The number of nitrogens with one attached hydrogen (secondary N) is 9. The van der Waals surface area contributed by atoms with Gasteiger partial charge in [-0.1, -0.05) is 24.3 Å². The number of likely N-dealkylation sites (N-methyl/N-ethyl adjacent to an activating group) is 2.